The Balaban J connectivity index is 1.23. The fourth-order valence-corrected chi connectivity index (χ4v) is 5.71. The highest BCUT2D eigenvalue weighted by atomic mass is 16.5. The Bertz CT molecular complexity index is 1090. The molecular weight excluding hydrogens is 386 g/mol. The molecule has 1 atom stereocenters. The third-order valence-electron chi connectivity index (χ3n) is 7.34. The van der Waals surface area contributed by atoms with Crippen LogP contribution in [0.3, 0.4) is 0 Å². The molecule has 31 heavy (non-hydrogen) atoms. The number of nitrogens with zero attached hydrogens (tertiary/aromatic N) is 2. The molecule has 4 heterocycles. The molecule has 2 spiro atoms. The van der Waals surface area contributed by atoms with Crippen LogP contribution in [0.2, 0.25) is 0 Å². The fourth-order valence-electron chi connectivity index (χ4n) is 5.71. The van der Waals surface area contributed by atoms with Gasteiger partial charge in [-0.15, -0.1) is 0 Å². The monoisotopic (exact) mass is 415 g/mol. The highest BCUT2D eigenvalue weighted by molar-refractivity contribution is 5.69. The van der Waals surface area contributed by atoms with Gasteiger partial charge in [-0.3, -0.25) is 4.90 Å². The third kappa shape index (κ3) is 3.15. The van der Waals surface area contributed by atoms with Gasteiger partial charge in [0.05, 0.1) is 36.4 Å². The molecule has 1 aromatic heterocycles. The molecule has 5 heteroatoms. The fraction of sp³-hybridized carbons (Fsp3) is 0.385. The van der Waals surface area contributed by atoms with Crippen LogP contribution in [0, 0.1) is 0 Å². The molecular formula is C26H29N3O2. The predicted molar refractivity (Wildman–Crippen MR) is 122 cm³/mol. The molecule has 3 aliphatic heterocycles. The Hall–Kier alpha value is -2.76. The Morgan fingerprint density at radius 2 is 1.87 bits per heavy atom. The zero-order chi connectivity index (χ0) is 20.9. The second kappa shape index (κ2) is 7.14. The largest absolute Gasteiger partial charge is 0.497 e. The Morgan fingerprint density at radius 1 is 1.03 bits per heavy atom. The van der Waals surface area contributed by atoms with Crippen molar-refractivity contribution >= 4 is 5.69 Å². The van der Waals surface area contributed by atoms with Gasteiger partial charge in [-0.05, 0) is 42.7 Å². The number of benzene rings is 2. The molecule has 3 aromatic rings. The highest BCUT2D eigenvalue weighted by Crippen LogP contribution is 2.50. The normalized spacial score (nSPS) is 24.0. The minimum absolute atomic E-state index is 0.0499. The smallest absolute Gasteiger partial charge is 0.121 e. The lowest BCUT2D eigenvalue weighted by molar-refractivity contribution is -0.0451. The molecule has 2 fully saturated rings. The number of ether oxygens (including phenoxy) is 2. The van der Waals surface area contributed by atoms with Crippen LogP contribution >= 0.6 is 0 Å². The van der Waals surface area contributed by atoms with Crippen LogP contribution in [0.15, 0.2) is 66.9 Å². The standard InChI is InChI=1S/C26H29N3O2/c1-30-21-9-10-23-22(16-21)27-26(24-8-5-13-29(23)24)18-25(31-19-26)11-14-28(15-12-25)17-20-6-3-2-4-7-20/h2-10,13,16,27H,11-12,14-15,17-19H2,1H3/t26-/m0/s1. The van der Waals surface area contributed by atoms with Crippen LogP contribution in [0.25, 0.3) is 5.69 Å². The van der Waals surface area contributed by atoms with Gasteiger partial charge < -0.3 is 19.4 Å². The quantitative estimate of drug-likeness (QED) is 0.681. The molecule has 5 nitrogen and oxygen atoms in total. The lowest BCUT2D eigenvalue weighted by atomic mass is 9.79. The number of nitrogens with one attached hydrogen (secondary N) is 1. The summed E-state index contributed by atoms with van der Waals surface area (Å²) in [5, 5.41) is 3.87. The van der Waals surface area contributed by atoms with E-state index in [-0.39, 0.29) is 11.1 Å². The van der Waals surface area contributed by atoms with Gasteiger partial charge in [-0.2, -0.15) is 0 Å². The summed E-state index contributed by atoms with van der Waals surface area (Å²) in [6, 6.07) is 21.4. The minimum atomic E-state index is -0.190. The van der Waals surface area contributed by atoms with E-state index in [2.05, 4.69) is 75.6 Å². The number of rotatable bonds is 3. The zero-order valence-corrected chi connectivity index (χ0v) is 18.0. The van der Waals surface area contributed by atoms with Gasteiger partial charge in [0.1, 0.15) is 11.3 Å². The number of hydrogen-bond donors (Lipinski definition) is 1. The van der Waals surface area contributed by atoms with Crippen molar-refractivity contribution in [3.8, 4) is 11.4 Å². The van der Waals surface area contributed by atoms with Crippen molar-refractivity contribution in [2.45, 2.75) is 36.9 Å². The van der Waals surface area contributed by atoms with Crippen molar-refractivity contribution in [3.63, 3.8) is 0 Å². The molecule has 6 rings (SSSR count). The molecule has 1 N–H and O–H groups in total. The molecule has 2 aromatic carbocycles. The van der Waals surface area contributed by atoms with Gasteiger partial charge in [0.2, 0.25) is 0 Å². The topological polar surface area (TPSA) is 38.7 Å². The zero-order valence-electron chi connectivity index (χ0n) is 18.0. The minimum Gasteiger partial charge on any atom is -0.497 e. The molecule has 0 amide bonds. The average molecular weight is 416 g/mol. The van der Waals surface area contributed by atoms with Crippen LogP contribution in [-0.4, -0.2) is 41.9 Å². The van der Waals surface area contributed by atoms with E-state index in [1.807, 2.05) is 6.07 Å². The van der Waals surface area contributed by atoms with E-state index in [9.17, 15) is 0 Å². The van der Waals surface area contributed by atoms with Crippen molar-refractivity contribution in [2.75, 3.05) is 32.1 Å². The lowest BCUT2D eigenvalue weighted by Crippen LogP contribution is -2.46. The Labute approximate surface area is 183 Å². The third-order valence-corrected chi connectivity index (χ3v) is 7.34. The predicted octanol–water partition coefficient (Wildman–Crippen LogP) is 4.56. The summed E-state index contributed by atoms with van der Waals surface area (Å²) in [6.45, 7) is 3.88. The Kier molecular flexibility index (Phi) is 4.37. The molecule has 0 saturated carbocycles. The maximum atomic E-state index is 6.64. The summed E-state index contributed by atoms with van der Waals surface area (Å²) in [4.78, 5) is 2.56. The summed E-state index contributed by atoms with van der Waals surface area (Å²) in [7, 11) is 1.72. The summed E-state index contributed by atoms with van der Waals surface area (Å²) >= 11 is 0. The number of likely N-dealkylation sites (tertiary alicyclic amines) is 1. The van der Waals surface area contributed by atoms with Gasteiger partial charge in [-0.1, -0.05) is 30.3 Å². The van der Waals surface area contributed by atoms with Gasteiger partial charge in [0.15, 0.2) is 0 Å². The van der Waals surface area contributed by atoms with Gasteiger partial charge in [0.25, 0.3) is 0 Å². The van der Waals surface area contributed by atoms with E-state index in [0.717, 1.165) is 50.3 Å². The summed E-state index contributed by atoms with van der Waals surface area (Å²) in [6.07, 6.45) is 5.32. The first-order valence-corrected chi connectivity index (χ1v) is 11.2. The number of piperidine rings is 1. The molecule has 0 unspecified atom stereocenters. The van der Waals surface area contributed by atoms with E-state index >= 15 is 0 Å². The van der Waals surface area contributed by atoms with Gasteiger partial charge in [0, 0.05) is 38.3 Å². The number of fused-ring (bicyclic) bond motifs is 4. The maximum absolute atomic E-state index is 6.64. The number of aromatic nitrogens is 1. The van der Waals surface area contributed by atoms with Crippen LogP contribution in [0.5, 0.6) is 5.75 Å². The molecule has 3 aliphatic rings. The summed E-state index contributed by atoms with van der Waals surface area (Å²) in [5.41, 5.74) is 4.74. The van der Waals surface area contributed by atoms with Crippen LogP contribution in [-0.2, 0) is 16.8 Å². The van der Waals surface area contributed by atoms with E-state index in [0.29, 0.717) is 6.61 Å². The molecule has 0 aliphatic carbocycles. The molecule has 0 bridgehead atoms. The lowest BCUT2D eigenvalue weighted by Gasteiger charge is -2.41. The first-order chi connectivity index (χ1) is 15.2. The van der Waals surface area contributed by atoms with Crippen LogP contribution in [0.1, 0.15) is 30.5 Å². The first-order valence-electron chi connectivity index (χ1n) is 11.2. The van der Waals surface area contributed by atoms with Crippen molar-refractivity contribution < 1.29 is 9.47 Å². The summed E-state index contributed by atoms with van der Waals surface area (Å²) in [5.74, 6) is 0.875. The van der Waals surface area contributed by atoms with Gasteiger partial charge >= 0.3 is 0 Å². The van der Waals surface area contributed by atoms with Crippen molar-refractivity contribution in [1.82, 2.24) is 9.47 Å². The maximum Gasteiger partial charge on any atom is 0.121 e. The molecule has 0 radical (unpaired) electrons. The van der Waals surface area contributed by atoms with E-state index in [1.54, 1.807) is 7.11 Å². The van der Waals surface area contributed by atoms with Gasteiger partial charge in [-0.25, -0.2) is 0 Å². The van der Waals surface area contributed by atoms with Crippen molar-refractivity contribution in [1.29, 1.82) is 0 Å². The Morgan fingerprint density at radius 3 is 2.68 bits per heavy atom. The SMILES string of the molecule is COc1ccc2c(c1)N[C@@]1(COC3(CCN(Cc4ccccc4)CC3)C1)c1cccn1-2. The van der Waals surface area contributed by atoms with E-state index in [4.69, 9.17) is 9.47 Å². The second-order valence-electron chi connectivity index (χ2n) is 9.26. The number of anilines is 1. The average Bonchev–Trinajstić information content (AvgIpc) is 3.43. The molecule has 2 saturated heterocycles. The van der Waals surface area contributed by atoms with E-state index in [1.165, 1.54) is 16.9 Å². The number of methoxy groups -OCH3 is 1. The van der Waals surface area contributed by atoms with E-state index < -0.39 is 0 Å². The summed E-state index contributed by atoms with van der Waals surface area (Å²) < 4.78 is 14.4. The van der Waals surface area contributed by atoms with Crippen LogP contribution < -0.4 is 10.1 Å². The number of hydrogen-bond acceptors (Lipinski definition) is 4. The van der Waals surface area contributed by atoms with Crippen molar-refractivity contribution in [3.05, 3.63) is 78.1 Å². The van der Waals surface area contributed by atoms with Crippen molar-refractivity contribution in [2.24, 2.45) is 0 Å². The highest BCUT2D eigenvalue weighted by Gasteiger charge is 2.53. The first kappa shape index (κ1) is 19.0. The molecule has 160 valence electrons. The van der Waals surface area contributed by atoms with Crippen LogP contribution in [0.4, 0.5) is 5.69 Å². The second-order valence-corrected chi connectivity index (χ2v) is 9.26.